The molecule has 2 saturated carbocycles. The number of unbranched alkanes of at least 4 members (excludes halogenated alkanes) is 1. The van der Waals surface area contributed by atoms with Crippen molar-refractivity contribution in [3.63, 3.8) is 0 Å². The standard InChI is InChI=1S/C39H72O4Si2/c1-15-41-37(40)22-17-16-21-31-26-32-28-36(43-45(13,14)39(8,9)10)34(35(32)27-31)24-23-33(42-44(11,12)38(5,6)7)25-30(4)20-18-19-29(2)3/h19,21,23-24,30,32-36H,15-18,20,22,25-28H2,1-14H3/b24-23-,31-21+/t30-,32+,33-,34+,35+,36-/m1/s1. The number of carbonyl (C=O) groups excluding carboxylic acids is 1. The molecule has 45 heavy (non-hydrogen) atoms. The van der Waals surface area contributed by atoms with Gasteiger partial charge in [-0.05, 0) is 126 Å². The van der Waals surface area contributed by atoms with E-state index in [0.29, 0.717) is 36.7 Å². The second-order valence-electron chi connectivity index (χ2n) is 17.6. The van der Waals surface area contributed by atoms with E-state index in [-0.39, 0.29) is 28.3 Å². The molecule has 0 aliphatic heterocycles. The summed E-state index contributed by atoms with van der Waals surface area (Å²) in [6, 6.07) is 0. The van der Waals surface area contributed by atoms with Gasteiger partial charge in [-0.3, -0.25) is 4.79 Å². The Balaban J connectivity index is 2.31. The maximum atomic E-state index is 11.8. The molecule has 6 heteroatoms. The highest BCUT2D eigenvalue weighted by Gasteiger charge is 2.50. The Morgan fingerprint density at radius 1 is 0.978 bits per heavy atom. The highest BCUT2D eigenvalue weighted by molar-refractivity contribution is 6.74. The molecule has 0 unspecified atom stereocenters. The van der Waals surface area contributed by atoms with Crippen LogP contribution in [0, 0.1) is 23.7 Å². The SMILES string of the molecule is CCOC(=O)CCC/C=C1\C[C@H]2C[C@@H](O[Si](C)(C)C(C)(C)C)[C@@H](/C=C\[C@H](C[C@H](C)CCC=C(C)C)O[Si](C)(C)C(C)(C)C)[C@H]2C1. The van der Waals surface area contributed by atoms with Crippen molar-refractivity contribution in [2.45, 2.75) is 175 Å². The summed E-state index contributed by atoms with van der Waals surface area (Å²) in [6.45, 7) is 32.9. The first-order valence-electron chi connectivity index (χ1n) is 18.2. The molecule has 0 saturated heterocycles. The van der Waals surface area contributed by atoms with Crippen LogP contribution < -0.4 is 0 Å². The first kappa shape index (κ1) is 40.2. The Kier molecular flexibility index (Phi) is 15.1. The number of ether oxygens (including phenoxy) is 1. The zero-order valence-corrected chi connectivity index (χ0v) is 34.0. The molecule has 0 radical (unpaired) electrons. The van der Waals surface area contributed by atoms with Crippen LogP contribution in [0.5, 0.6) is 0 Å². The predicted octanol–water partition coefficient (Wildman–Crippen LogP) is 11.8. The molecule has 6 atom stereocenters. The number of carbonyl (C=O) groups is 1. The van der Waals surface area contributed by atoms with Gasteiger partial charge in [0.25, 0.3) is 0 Å². The summed E-state index contributed by atoms with van der Waals surface area (Å²) in [5.74, 6) is 2.24. The number of esters is 1. The first-order chi connectivity index (χ1) is 20.7. The number of fused-ring (bicyclic) bond motifs is 1. The topological polar surface area (TPSA) is 44.8 Å². The molecule has 0 aromatic carbocycles. The molecule has 2 aliphatic carbocycles. The fourth-order valence-electron chi connectivity index (χ4n) is 6.53. The molecule has 4 nitrogen and oxygen atoms in total. The van der Waals surface area contributed by atoms with E-state index in [0.717, 1.165) is 38.5 Å². The van der Waals surface area contributed by atoms with Crippen molar-refractivity contribution in [1.29, 1.82) is 0 Å². The summed E-state index contributed by atoms with van der Waals surface area (Å²) in [7, 11) is -3.85. The molecule has 0 N–H and O–H groups in total. The van der Waals surface area contributed by atoms with Crippen molar-refractivity contribution in [2.24, 2.45) is 23.7 Å². The molecule has 0 aromatic heterocycles. The Morgan fingerprint density at radius 2 is 1.62 bits per heavy atom. The summed E-state index contributed by atoms with van der Waals surface area (Å²) in [4.78, 5) is 11.8. The quantitative estimate of drug-likeness (QED) is 0.0715. The van der Waals surface area contributed by atoms with E-state index in [9.17, 15) is 4.79 Å². The zero-order chi connectivity index (χ0) is 34.2. The van der Waals surface area contributed by atoms with Crippen LogP contribution in [0.25, 0.3) is 0 Å². The highest BCUT2D eigenvalue weighted by atomic mass is 28.4. The van der Waals surface area contributed by atoms with E-state index in [1.54, 1.807) is 5.57 Å². The van der Waals surface area contributed by atoms with Crippen LogP contribution in [-0.4, -0.2) is 41.4 Å². The number of allylic oxidation sites excluding steroid dienone is 4. The van der Waals surface area contributed by atoms with E-state index in [1.807, 2.05) is 6.92 Å². The maximum absolute atomic E-state index is 11.8. The molecule has 2 fully saturated rings. The van der Waals surface area contributed by atoms with E-state index in [1.165, 1.54) is 18.4 Å². The summed E-state index contributed by atoms with van der Waals surface area (Å²) in [5.41, 5.74) is 2.99. The van der Waals surface area contributed by atoms with Crippen LogP contribution in [0.3, 0.4) is 0 Å². The van der Waals surface area contributed by atoms with Gasteiger partial charge in [0.2, 0.25) is 0 Å². The highest BCUT2D eigenvalue weighted by Crippen LogP contribution is 2.53. The number of hydrogen-bond donors (Lipinski definition) is 0. The average Bonchev–Trinajstić information content (AvgIpc) is 3.40. The van der Waals surface area contributed by atoms with Gasteiger partial charge in [-0.2, -0.15) is 0 Å². The van der Waals surface area contributed by atoms with Gasteiger partial charge in [0.15, 0.2) is 16.6 Å². The van der Waals surface area contributed by atoms with Crippen molar-refractivity contribution in [3.05, 3.63) is 35.5 Å². The molecule has 2 aliphatic rings. The van der Waals surface area contributed by atoms with Crippen molar-refractivity contribution in [3.8, 4) is 0 Å². The van der Waals surface area contributed by atoms with Crippen LogP contribution >= 0.6 is 0 Å². The molecular weight excluding hydrogens is 589 g/mol. The largest absolute Gasteiger partial charge is 0.466 e. The van der Waals surface area contributed by atoms with Gasteiger partial charge in [-0.1, -0.05) is 83.9 Å². The minimum atomic E-state index is -1.94. The zero-order valence-electron chi connectivity index (χ0n) is 32.0. The Bertz CT molecular complexity index is 1020. The lowest BCUT2D eigenvalue weighted by Gasteiger charge is -2.40. The van der Waals surface area contributed by atoms with E-state index >= 15 is 0 Å². The lowest BCUT2D eigenvalue weighted by molar-refractivity contribution is -0.143. The summed E-state index contributed by atoms with van der Waals surface area (Å²) in [5, 5.41) is 0.368. The monoisotopic (exact) mass is 660 g/mol. The second kappa shape index (κ2) is 16.9. The third-order valence-corrected chi connectivity index (χ3v) is 20.3. The summed E-state index contributed by atoms with van der Waals surface area (Å²) in [6.07, 6.45) is 19.5. The second-order valence-corrected chi connectivity index (χ2v) is 27.1. The normalized spacial score (nSPS) is 25.1. The minimum Gasteiger partial charge on any atom is -0.466 e. The molecule has 0 amide bonds. The Morgan fingerprint density at radius 3 is 2.20 bits per heavy atom. The van der Waals surface area contributed by atoms with Gasteiger partial charge < -0.3 is 13.6 Å². The van der Waals surface area contributed by atoms with Crippen LogP contribution in [0.15, 0.2) is 35.5 Å². The van der Waals surface area contributed by atoms with E-state index in [4.69, 9.17) is 13.6 Å². The lowest BCUT2D eigenvalue weighted by atomic mass is 9.89. The van der Waals surface area contributed by atoms with Gasteiger partial charge in [0.05, 0.1) is 18.8 Å². The number of hydrogen-bond acceptors (Lipinski definition) is 4. The van der Waals surface area contributed by atoms with Crippen LogP contribution in [0.2, 0.25) is 36.3 Å². The van der Waals surface area contributed by atoms with Crippen LogP contribution in [0.1, 0.15) is 127 Å². The predicted molar refractivity (Wildman–Crippen MR) is 199 cm³/mol. The third kappa shape index (κ3) is 12.5. The van der Waals surface area contributed by atoms with Gasteiger partial charge in [0.1, 0.15) is 0 Å². The van der Waals surface area contributed by atoms with Gasteiger partial charge in [-0.15, -0.1) is 0 Å². The Hall–Kier alpha value is -0.956. The lowest BCUT2D eigenvalue weighted by Crippen LogP contribution is -2.45. The fraction of sp³-hybridized carbons (Fsp3) is 0.821. The average molecular weight is 661 g/mol. The van der Waals surface area contributed by atoms with Crippen LogP contribution in [-0.2, 0) is 18.4 Å². The van der Waals surface area contributed by atoms with E-state index < -0.39 is 16.6 Å². The van der Waals surface area contributed by atoms with Crippen molar-refractivity contribution < 1.29 is 18.4 Å². The molecule has 0 spiro atoms. The molecular formula is C39H72O4Si2. The summed E-state index contributed by atoms with van der Waals surface area (Å²) >= 11 is 0. The minimum absolute atomic E-state index is 0.0734. The molecule has 260 valence electrons. The van der Waals surface area contributed by atoms with Crippen molar-refractivity contribution in [2.75, 3.05) is 6.61 Å². The maximum Gasteiger partial charge on any atom is 0.305 e. The molecule has 2 rings (SSSR count). The van der Waals surface area contributed by atoms with Crippen molar-refractivity contribution in [1.82, 2.24) is 0 Å². The van der Waals surface area contributed by atoms with Crippen LogP contribution in [0.4, 0.5) is 0 Å². The molecule has 0 bridgehead atoms. The van der Waals surface area contributed by atoms with E-state index in [2.05, 4.69) is 113 Å². The third-order valence-electron chi connectivity index (χ3n) is 11.3. The number of rotatable bonds is 16. The van der Waals surface area contributed by atoms with Gasteiger partial charge in [0, 0.05) is 12.3 Å². The fourth-order valence-corrected chi connectivity index (χ4v) is 9.17. The van der Waals surface area contributed by atoms with Crippen molar-refractivity contribution >= 4 is 22.6 Å². The molecule has 0 aromatic rings. The smallest absolute Gasteiger partial charge is 0.305 e. The summed E-state index contributed by atoms with van der Waals surface area (Å²) < 4.78 is 19.5. The first-order valence-corrected chi connectivity index (χ1v) is 24.0. The van der Waals surface area contributed by atoms with Gasteiger partial charge >= 0.3 is 5.97 Å². The Labute approximate surface area is 281 Å². The molecule has 0 heterocycles. The van der Waals surface area contributed by atoms with Gasteiger partial charge in [-0.25, -0.2) is 0 Å².